The Morgan fingerprint density at radius 1 is 0.391 bits per heavy atom. The topological polar surface area (TPSA) is 19.6 Å². The average molecular weight is 587 g/mol. The molecular formula is C42H27BN2O. The molecule has 0 radical (unpaired) electrons. The van der Waals surface area contributed by atoms with Gasteiger partial charge >= 0.3 is 0 Å². The van der Waals surface area contributed by atoms with Crippen LogP contribution in [0, 0.1) is 0 Å². The van der Waals surface area contributed by atoms with Crippen molar-refractivity contribution in [1.29, 1.82) is 0 Å². The SMILES string of the molecule is c1ccc(N2c3ccccc3B3c4ccc(-c5ccc6oc7ccccc7c6c5)cc4N(c4ccccc4)c4cccc2c43)cc1. The molecule has 0 amide bonds. The third-order valence-electron chi connectivity index (χ3n) is 9.64. The van der Waals surface area contributed by atoms with Crippen LogP contribution in [-0.4, -0.2) is 6.71 Å². The second kappa shape index (κ2) is 9.75. The van der Waals surface area contributed by atoms with E-state index in [0.29, 0.717) is 0 Å². The Morgan fingerprint density at radius 2 is 0.957 bits per heavy atom. The van der Waals surface area contributed by atoms with Gasteiger partial charge in [-0.3, -0.25) is 0 Å². The van der Waals surface area contributed by atoms with Crippen molar-refractivity contribution < 1.29 is 4.42 Å². The molecule has 4 heteroatoms. The summed E-state index contributed by atoms with van der Waals surface area (Å²) in [6, 6.07) is 59.1. The van der Waals surface area contributed by atoms with Gasteiger partial charge in [0.05, 0.1) is 0 Å². The van der Waals surface area contributed by atoms with Gasteiger partial charge in [0, 0.05) is 44.9 Å². The van der Waals surface area contributed by atoms with Gasteiger partial charge in [0.2, 0.25) is 0 Å². The van der Waals surface area contributed by atoms with E-state index in [4.69, 9.17) is 4.42 Å². The molecule has 0 unspecified atom stereocenters. The molecule has 0 atom stereocenters. The molecule has 0 saturated carbocycles. The van der Waals surface area contributed by atoms with Gasteiger partial charge in [-0.1, -0.05) is 97.1 Å². The maximum atomic E-state index is 6.16. The normalized spacial score (nSPS) is 13.1. The van der Waals surface area contributed by atoms with Crippen molar-refractivity contribution in [1.82, 2.24) is 0 Å². The molecule has 1 aromatic heterocycles. The van der Waals surface area contributed by atoms with Crippen molar-refractivity contribution in [3.63, 3.8) is 0 Å². The summed E-state index contributed by atoms with van der Waals surface area (Å²) in [7, 11) is 0. The number of benzene rings is 7. The van der Waals surface area contributed by atoms with E-state index >= 15 is 0 Å². The smallest absolute Gasteiger partial charge is 0.252 e. The molecule has 0 saturated heterocycles. The van der Waals surface area contributed by atoms with Crippen LogP contribution in [0.25, 0.3) is 33.1 Å². The molecule has 214 valence electrons. The quantitative estimate of drug-likeness (QED) is 0.192. The van der Waals surface area contributed by atoms with Crippen LogP contribution >= 0.6 is 0 Å². The maximum absolute atomic E-state index is 6.16. The highest BCUT2D eigenvalue weighted by molar-refractivity contribution is 7.00. The molecule has 0 aliphatic carbocycles. The number of para-hydroxylation sites is 4. The fraction of sp³-hybridized carbons (Fsp3) is 0. The molecule has 0 bridgehead atoms. The van der Waals surface area contributed by atoms with Crippen LogP contribution in [0.1, 0.15) is 0 Å². The Labute approximate surface area is 267 Å². The van der Waals surface area contributed by atoms with Gasteiger partial charge in [-0.2, -0.15) is 0 Å². The zero-order valence-electron chi connectivity index (χ0n) is 25.0. The number of hydrogen-bond acceptors (Lipinski definition) is 3. The molecule has 0 N–H and O–H groups in total. The fourth-order valence-corrected chi connectivity index (χ4v) is 7.68. The summed E-state index contributed by atoms with van der Waals surface area (Å²) in [6.45, 7) is 0.103. The van der Waals surface area contributed by atoms with Crippen molar-refractivity contribution in [2.45, 2.75) is 0 Å². The summed E-state index contributed by atoms with van der Waals surface area (Å²) in [4.78, 5) is 4.88. The number of fused-ring (bicyclic) bond motifs is 7. The highest BCUT2D eigenvalue weighted by atomic mass is 16.3. The molecule has 46 heavy (non-hydrogen) atoms. The number of nitrogens with zero attached hydrogens (tertiary/aromatic N) is 2. The van der Waals surface area contributed by atoms with Gasteiger partial charge in [-0.05, 0) is 94.2 Å². The van der Waals surface area contributed by atoms with E-state index in [1.165, 1.54) is 50.3 Å². The van der Waals surface area contributed by atoms with E-state index < -0.39 is 0 Å². The van der Waals surface area contributed by atoms with Crippen LogP contribution in [0.5, 0.6) is 0 Å². The Balaban J connectivity index is 1.23. The lowest BCUT2D eigenvalue weighted by Gasteiger charge is -2.44. The molecule has 10 rings (SSSR count). The molecule has 2 aliphatic rings. The molecule has 8 aromatic rings. The number of rotatable bonds is 3. The summed E-state index contributed by atoms with van der Waals surface area (Å²) in [5, 5.41) is 2.29. The number of anilines is 6. The summed E-state index contributed by atoms with van der Waals surface area (Å²) in [5.74, 6) is 0. The summed E-state index contributed by atoms with van der Waals surface area (Å²) < 4.78 is 6.16. The Kier molecular flexibility index (Phi) is 5.37. The molecule has 0 fully saturated rings. The first kappa shape index (κ1) is 25.3. The van der Waals surface area contributed by atoms with Crippen molar-refractivity contribution in [2.24, 2.45) is 0 Å². The number of furan rings is 1. The predicted molar refractivity (Wildman–Crippen MR) is 193 cm³/mol. The van der Waals surface area contributed by atoms with E-state index in [2.05, 4.69) is 161 Å². The standard InChI is InChI=1S/C42H27BN2O/c1-3-12-30(13-4-1)44-36-18-9-8-17-34(36)43-35-24-22-29(28-23-25-41-33(26-28)32-16-7-10-21-40(32)46-41)27-39(35)45(31-14-5-2-6-15-31)38-20-11-19-37(44)42(38)43/h1-27H. The van der Waals surface area contributed by atoms with Gasteiger partial charge in [-0.25, -0.2) is 0 Å². The molecule has 3 nitrogen and oxygen atoms in total. The zero-order chi connectivity index (χ0) is 30.2. The minimum absolute atomic E-state index is 0.103. The Bertz CT molecular complexity index is 2450. The molecule has 2 aliphatic heterocycles. The van der Waals surface area contributed by atoms with Crippen molar-refractivity contribution in [3.05, 3.63) is 164 Å². The van der Waals surface area contributed by atoms with E-state index in [9.17, 15) is 0 Å². The maximum Gasteiger partial charge on any atom is 0.252 e. The van der Waals surface area contributed by atoms with E-state index in [-0.39, 0.29) is 6.71 Å². The van der Waals surface area contributed by atoms with Gasteiger partial charge in [0.15, 0.2) is 0 Å². The van der Waals surface area contributed by atoms with Gasteiger partial charge in [0.1, 0.15) is 11.2 Å². The Hall–Kier alpha value is -6.00. The lowest BCUT2D eigenvalue weighted by Crippen LogP contribution is -2.61. The highest BCUT2D eigenvalue weighted by Crippen LogP contribution is 2.44. The van der Waals surface area contributed by atoms with Crippen LogP contribution in [0.2, 0.25) is 0 Å². The van der Waals surface area contributed by atoms with Crippen LogP contribution in [0.4, 0.5) is 34.1 Å². The van der Waals surface area contributed by atoms with Crippen LogP contribution < -0.4 is 26.2 Å². The van der Waals surface area contributed by atoms with Crippen molar-refractivity contribution in [3.8, 4) is 11.1 Å². The molecule has 0 spiro atoms. The second-order valence-corrected chi connectivity index (χ2v) is 12.1. The summed E-state index contributed by atoms with van der Waals surface area (Å²) in [5.41, 5.74) is 15.3. The minimum Gasteiger partial charge on any atom is -0.456 e. The highest BCUT2D eigenvalue weighted by Gasteiger charge is 2.42. The van der Waals surface area contributed by atoms with Gasteiger partial charge in [-0.15, -0.1) is 0 Å². The number of hydrogen-bond donors (Lipinski definition) is 0. The largest absolute Gasteiger partial charge is 0.456 e. The lowest BCUT2D eigenvalue weighted by atomic mass is 9.33. The first-order valence-corrected chi connectivity index (χ1v) is 15.8. The first-order valence-electron chi connectivity index (χ1n) is 15.8. The average Bonchev–Trinajstić information content (AvgIpc) is 3.50. The monoisotopic (exact) mass is 586 g/mol. The third kappa shape index (κ3) is 3.61. The lowest BCUT2D eigenvalue weighted by molar-refractivity contribution is 0.669. The van der Waals surface area contributed by atoms with Crippen molar-refractivity contribution in [2.75, 3.05) is 9.80 Å². The second-order valence-electron chi connectivity index (χ2n) is 12.1. The molecular weight excluding hydrogens is 559 g/mol. The summed E-state index contributed by atoms with van der Waals surface area (Å²) >= 11 is 0. The Morgan fingerprint density at radius 3 is 1.74 bits per heavy atom. The van der Waals surface area contributed by atoms with Crippen LogP contribution in [0.3, 0.4) is 0 Å². The first-order chi connectivity index (χ1) is 22.8. The third-order valence-corrected chi connectivity index (χ3v) is 9.64. The zero-order valence-corrected chi connectivity index (χ0v) is 25.0. The van der Waals surface area contributed by atoms with Gasteiger partial charge < -0.3 is 14.2 Å². The minimum atomic E-state index is 0.103. The predicted octanol–water partition coefficient (Wildman–Crippen LogP) is 9.34. The van der Waals surface area contributed by atoms with E-state index in [1.54, 1.807) is 0 Å². The van der Waals surface area contributed by atoms with E-state index in [0.717, 1.165) is 33.3 Å². The summed E-state index contributed by atoms with van der Waals surface area (Å²) in [6.07, 6.45) is 0. The fourth-order valence-electron chi connectivity index (χ4n) is 7.68. The molecule has 7 aromatic carbocycles. The molecule has 3 heterocycles. The van der Waals surface area contributed by atoms with Crippen LogP contribution in [0.15, 0.2) is 168 Å². The van der Waals surface area contributed by atoms with E-state index in [1.807, 2.05) is 12.1 Å². The van der Waals surface area contributed by atoms with Gasteiger partial charge in [0.25, 0.3) is 6.71 Å². The van der Waals surface area contributed by atoms with Crippen molar-refractivity contribution >= 4 is 79.2 Å². The van der Waals surface area contributed by atoms with Crippen LogP contribution in [-0.2, 0) is 0 Å².